The van der Waals surface area contributed by atoms with E-state index in [2.05, 4.69) is 0 Å². The number of nitrogen functional groups attached to an aromatic ring is 1. The lowest BCUT2D eigenvalue weighted by molar-refractivity contribution is -0.128. The molecule has 4 N–H and O–H groups in total. The number of benzene rings is 1. The molecule has 0 aromatic heterocycles. The Hall–Kier alpha value is -2.08. The summed E-state index contributed by atoms with van der Waals surface area (Å²) in [5.41, 5.74) is 12.7. The van der Waals surface area contributed by atoms with Crippen molar-refractivity contribution in [2.75, 3.05) is 32.9 Å². The number of nitrogens with two attached hydrogens (primary N) is 2. The Kier molecular flexibility index (Phi) is 6.68. The molecule has 0 atom stereocenters. The standard InChI is InChI=1S/C15H24N4O2/c1-18(2)15(21)4-3-9-19(11-14(17)20)10-12-5-7-13(16)8-6-12/h5-8H,3-4,9-11,16H2,1-2H3,(H2,17,20). The minimum Gasteiger partial charge on any atom is -0.399 e. The molecule has 0 unspecified atom stereocenters. The summed E-state index contributed by atoms with van der Waals surface area (Å²) in [7, 11) is 3.47. The number of carbonyl (C=O) groups excluding carboxylic acids is 2. The van der Waals surface area contributed by atoms with Gasteiger partial charge in [-0.3, -0.25) is 14.5 Å². The van der Waals surface area contributed by atoms with Gasteiger partial charge in [0.25, 0.3) is 0 Å². The molecule has 0 spiro atoms. The molecule has 116 valence electrons. The Bertz CT molecular complexity index is 471. The van der Waals surface area contributed by atoms with E-state index < -0.39 is 0 Å². The molecule has 0 fully saturated rings. The van der Waals surface area contributed by atoms with Gasteiger partial charge in [-0.05, 0) is 30.7 Å². The second kappa shape index (κ2) is 8.26. The predicted molar refractivity (Wildman–Crippen MR) is 83.3 cm³/mol. The van der Waals surface area contributed by atoms with Gasteiger partial charge in [0, 0.05) is 32.7 Å². The van der Waals surface area contributed by atoms with E-state index in [9.17, 15) is 9.59 Å². The molecule has 0 aliphatic rings. The van der Waals surface area contributed by atoms with Gasteiger partial charge in [0.15, 0.2) is 0 Å². The quantitative estimate of drug-likeness (QED) is 0.679. The fourth-order valence-electron chi connectivity index (χ4n) is 1.99. The van der Waals surface area contributed by atoms with Gasteiger partial charge >= 0.3 is 0 Å². The summed E-state index contributed by atoms with van der Waals surface area (Å²) in [5, 5.41) is 0. The lowest BCUT2D eigenvalue weighted by Crippen LogP contribution is -2.34. The summed E-state index contributed by atoms with van der Waals surface area (Å²) in [5.74, 6) is -0.286. The number of carbonyl (C=O) groups is 2. The molecule has 0 bridgehead atoms. The molecule has 6 heteroatoms. The first-order valence-corrected chi connectivity index (χ1v) is 6.93. The van der Waals surface area contributed by atoms with Crippen molar-refractivity contribution in [2.45, 2.75) is 19.4 Å². The van der Waals surface area contributed by atoms with Crippen molar-refractivity contribution < 1.29 is 9.59 Å². The molecule has 0 saturated heterocycles. The largest absolute Gasteiger partial charge is 0.399 e. The van der Waals surface area contributed by atoms with Crippen LogP contribution in [0.1, 0.15) is 18.4 Å². The zero-order valence-corrected chi connectivity index (χ0v) is 12.7. The molecule has 2 amide bonds. The highest BCUT2D eigenvalue weighted by molar-refractivity contribution is 5.76. The monoisotopic (exact) mass is 292 g/mol. The predicted octanol–water partition coefficient (Wildman–Crippen LogP) is 0.425. The molecular formula is C15H24N4O2. The molecule has 1 aromatic carbocycles. The Morgan fingerprint density at radius 3 is 2.29 bits per heavy atom. The van der Waals surface area contributed by atoms with Crippen LogP contribution in [0.3, 0.4) is 0 Å². The lowest BCUT2D eigenvalue weighted by Gasteiger charge is -2.21. The number of hydrogen-bond acceptors (Lipinski definition) is 4. The molecule has 0 radical (unpaired) electrons. The smallest absolute Gasteiger partial charge is 0.231 e. The van der Waals surface area contributed by atoms with Crippen LogP contribution < -0.4 is 11.5 Å². The number of anilines is 1. The van der Waals surface area contributed by atoms with E-state index in [-0.39, 0.29) is 18.4 Å². The Balaban J connectivity index is 2.53. The zero-order valence-electron chi connectivity index (χ0n) is 12.7. The molecule has 0 saturated carbocycles. The molecule has 0 heterocycles. The van der Waals surface area contributed by atoms with Crippen molar-refractivity contribution in [1.82, 2.24) is 9.80 Å². The average Bonchev–Trinajstić information content (AvgIpc) is 2.40. The third-order valence-electron chi connectivity index (χ3n) is 3.13. The summed E-state index contributed by atoms with van der Waals surface area (Å²) in [4.78, 5) is 26.2. The Morgan fingerprint density at radius 1 is 1.14 bits per heavy atom. The first kappa shape index (κ1) is 17.0. The van der Waals surface area contributed by atoms with E-state index in [1.165, 1.54) is 0 Å². The van der Waals surface area contributed by atoms with E-state index in [4.69, 9.17) is 11.5 Å². The summed E-state index contributed by atoms with van der Waals surface area (Å²) in [6.07, 6.45) is 1.16. The van der Waals surface area contributed by atoms with Gasteiger partial charge in [0.2, 0.25) is 11.8 Å². The van der Waals surface area contributed by atoms with Crippen molar-refractivity contribution in [1.29, 1.82) is 0 Å². The van der Waals surface area contributed by atoms with Crippen LogP contribution in [0.2, 0.25) is 0 Å². The molecule has 6 nitrogen and oxygen atoms in total. The summed E-state index contributed by atoms with van der Waals surface area (Å²) in [6, 6.07) is 7.50. The van der Waals surface area contributed by atoms with Gasteiger partial charge in [-0.25, -0.2) is 0 Å². The molecule has 1 rings (SSSR count). The van der Waals surface area contributed by atoms with Gasteiger partial charge in [-0.15, -0.1) is 0 Å². The normalized spacial score (nSPS) is 10.6. The maximum atomic E-state index is 11.5. The number of hydrogen-bond donors (Lipinski definition) is 2. The highest BCUT2D eigenvalue weighted by atomic mass is 16.2. The van der Waals surface area contributed by atoms with E-state index >= 15 is 0 Å². The molecule has 21 heavy (non-hydrogen) atoms. The minimum atomic E-state index is -0.371. The molecular weight excluding hydrogens is 268 g/mol. The average molecular weight is 292 g/mol. The van der Waals surface area contributed by atoms with Crippen LogP contribution in [0.25, 0.3) is 0 Å². The van der Waals surface area contributed by atoms with Gasteiger partial charge in [0.05, 0.1) is 6.54 Å². The van der Waals surface area contributed by atoms with E-state index in [1.54, 1.807) is 19.0 Å². The van der Waals surface area contributed by atoms with Crippen molar-refractivity contribution in [3.8, 4) is 0 Å². The van der Waals surface area contributed by atoms with Crippen molar-refractivity contribution >= 4 is 17.5 Å². The third-order valence-corrected chi connectivity index (χ3v) is 3.13. The SMILES string of the molecule is CN(C)C(=O)CCCN(CC(N)=O)Cc1ccc(N)cc1. The first-order valence-electron chi connectivity index (χ1n) is 6.93. The maximum Gasteiger partial charge on any atom is 0.231 e. The third kappa shape index (κ3) is 6.76. The van der Waals surface area contributed by atoms with Crippen molar-refractivity contribution in [3.63, 3.8) is 0 Å². The van der Waals surface area contributed by atoms with Crippen LogP contribution in [0, 0.1) is 0 Å². The van der Waals surface area contributed by atoms with Crippen LogP contribution in [0.4, 0.5) is 5.69 Å². The van der Waals surface area contributed by atoms with Crippen LogP contribution in [-0.2, 0) is 16.1 Å². The maximum absolute atomic E-state index is 11.5. The van der Waals surface area contributed by atoms with Gasteiger partial charge in [0.1, 0.15) is 0 Å². The Labute approximate surface area is 125 Å². The number of nitrogens with zero attached hydrogens (tertiary/aromatic N) is 2. The second-order valence-corrected chi connectivity index (χ2v) is 5.31. The van der Waals surface area contributed by atoms with E-state index in [0.29, 0.717) is 31.6 Å². The second-order valence-electron chi connectivity index (χ2n) is 5.31. The first-order chi connectivity index (χ1) is 9.88. The van der Waals surface area contributed by atoms with Crippen molar-refractivity contribution in [3.05, 3.63) is 29.8 Å². The van der Waals surface area contributed by atoms with Gasteiger partial charge in [-0.1, -0.05) is 12.1 Å². The van der Waals surface area contributed by atoms with Gasteiger partial charge in [-0.2, -0.15) is 0 Å². The van der Waals surface area contributed by atoms with Gasteiger partial charge < -0.3 is 16.4 Å². The molecule has 0 aliphatic carbocycles. The summed E-state index contributed by atoms with van der Waals surface area (Å²) < 4.78 is 0. The summed E-state index contributed by atoms with van der Waals surface area (Å²) >= 11 is 0. The zero-order chi connectivity index (χ0) is 15.8. The summed E-state index contributed by atoms with van der Waals surface area (Å²) in [6.45, 7) is 1.44. The number of rotatable bonds is 8. The lowest BCUT2D eigenvalue weighted by atomic mass is 10.2. The topological polar surface area (TPSA) is 92.7 Å². The fraction of sp³-hybridized carbons (Fsp3) is 0.467. The minimum absolute atomic E-state index is 0.0847. The van der Waals surface area contributed by atoms with E-state index in [1.807, 2.05) is 29.2 Å². The Morgan fingerprint density at radius 2 is 1.76 bits per heavy atom. The van der Waals surface area contributed by atoms with Crippen LogP contribution in [0.15, 0.2) is 24.3 Å². The van der Waals surface area contributed by atoms with E-state index in [0.717, 1.165) is 5.56 Å². The highest BCUT2D eigenvalue weighted by Gasteiger charge is 2.11. The van der Waals surface area contributed by atoms with Crippen LogP contribution in [0.5, 0.6) is 0 Å². The highest BCUT2D eigenvalue weighted by Crippen LogP contribution is 2.09. The molecule has 1 aromatic rings. The fourth-order valence-corrected chi connectivity index (χ4v) is 1.99. The van der Waals surface area contributed by atoms with Crippen molar-refractivity contribution in [2.24, 2.45) is 5.73 Å². The number of amides is 2. The molecule has 0 aliphatic heterocycles. The van der Waals surface area contributed by atoms with Crippen LogP contribution >= 0.6 is 0 Å². The number of primary amides is 1. The van der Waals surface area contributed by atoms with Crippen LogP contribution in [-0.4, -0.2) is 48.8 Å².